The van der Waals surface area contributed by atoms with Crippen LogP contribution >= 0.6 is 11.6 Å². The van der Waals surface area contributed by atoms with Crippen molar-refractivity contribution in [2.24, 2.45) is 0 Å². The van der Waals surface area contributed by atoms with Crippen molar-refractivity contribution in [3.05, 3.63) is 106 Å². The van der Waals surface area contributed by atoms with E-state index >= 15 is 0 Å². The zero-order valence-corrected chi connectivity index (χ0v) is 21.3. The van der Waals surface area contributed by atoms with Crippen LogP contribution in [0.5, 0.6) is 0 Å². The Kier molecular flexibility index (Phi) is 6.18. The summed E-state index contributed by atoms with van der Waals surface area (Å²) in [5.74, 6) is -0.331. The van der Waals surface area contributed by atoms with Gasteiger partial charge in [-0.3, -0.25) is 9.59 Å². The summed E-state index contributed by atoms with van der Waals surface area (Å²) in [6, 6.07) is 24.7. The summed E-state index contributed by atoms with van der Waals surface area (Å²) in [6.07, 6.45) is 3.53. The number of nitrogens with zero attached hydrogens (tertiary/aromatic N) is 2. The standard InChI is InChI=1S/C31H32ClN2O2/c32-24-12-13-26-27(18-24)28(19-30(26)35)31(36)33-15-14-23-10-4-5-11-25(23)29(33)21-34(16-6-7-17-34)20-22-8-2-1-3-9-22/h1-5,8-13,18,28-29H,6-7,14-17,19-21H2/q+1. The maximum atomic E-state index is 14.2. The van der Waals surface area contributed by atoms with Crippen LogP contribution in [0.25, 0.3) is 0 Å². The Bertz CT molecular complexity index is 1300. The predicted octanol–water partition coefficient (Wildman–Crippen LogP) is 5.95. The summed E-state index contributed by atoms with van der Waals surface area (Å²) >= 11 is 6.29. The average Bonchev–Trinajstić information content (AvgIpc) is 3.48. The SMILES string of the molecule is O=C1CC(C(=O)N2CCc3ccccc3C2C[N+]2(Cc3ccccc3)CCCC2)c2cc(Cl)ccc21. The van der Waals surface area contributed by atoms with Gasteiger partial charge in [-0.05, 0) is 41.3 Å². The number of ketones is 1. The number of halogens is 1. The number of benzene rings is 3. The molecule has 3 aromatic carbocycles. The number of carbonyl (C=O) groups excluding carboxylic acids is 2. The second kappa shape index (κ2) is 9.49. The lowest BCUT2D eigenvalue weighted by atomic mass is 9.89. The topological polar surface area (TPSA) is 37.4 Å². The van der Waals surface area contributed by atoms with Gasteiger partial charge in [0.2, 0.25) is 5.91 Å². The summed E-state index contributed by atoms with van der Waals surface area (Å²) in [5.41, 5.74) is 5.41. The van der Waals surface area contributed by atoms with Crippen LogP contribution in [-0.2, 0) is 17.8 Å². The smallest absolute Gasteiger partial charge is 0.231 e. The van der Waals surface area contributed by atoms with E-state index in [1.54, 1.807) is 12.1 Å². The number of fused-ring (bicyclic) bond motifs is 2. The quantitative estimate of drug-likeness (QED) is 0.407. The van der Waals surface area contributed by atoms with Crippen molar-refractivity contribution in [3.8, 4) is 0 Å². The van der Waals surface area contributed by atoms with Gasteiger partial charge in [-0.15, -0.1) is 0 Å². The van der Waals surface area contributed by atoms with Gasteiger partial charge in [-0.2, -0.15) is 0 Å². The lowest BCUT2D eigenvalue weighted by Gasteiger charge is -2.44. The van der Waals surface area contributed by atoms with Crippen LogP contribution in [0.15, 0.2) is 72.8 Å². The molecule has 0 N–H and O–H groups in total. The Labute approximate surface area is 218 Å². The van der Waals surface area contributed by atoms with Crippen molar-refractivity contribution in [2.75, 3.05) is 26.2 Å². The van der Waals surface area contributed by atoms with Crippen LogP contribution < -0.4 is 0 Å². The summed E-state index contributed by atoms with van der Waals surface area (Å²) in [5, 5.41) is 0.575. The second-order valence-electron chi connectivity index (χ2n) is 10.7. The molecule has 0 aromatic heterocycles. The fraction of sp³-hybridized carbons (Fsp3) is 0.355. The van der Waals surface area contributed by atoms with Crippen LogP contribution in [0.1, 0.15) is 63.8 Å². The van der Waals surface area contributed by atoms with Gasteiger partial charge < -0.3 is 9.38 Å². The predicted molar refractivity (Wildman–Crippen MR) is 142 cm³/mol. The number of Topliss-reactive ketones (excluding diaryl/α,β-unsaturated/α-hetero) is 1. The Hall–Kier alpha value is -2.95. The average molecular weight is 500 g/mol. The Balaban J connectivity index is 1.36. The second-order valence-corrected chi connectivity index (χ2v) is 11.2. The first kappa shape index (κ1) is 23.4. The van der Waals surface area contributed by atoms with E-state index in [1.165, 1.54) is 29.5 Å². The molecule has 5 heteroatoms. The minimum Gasteiger partial charge on any atom is -0.329 e. The molecule has 1 amide bonds. The molecular weight excluding hydrogens is 468 g/mol. The molecule has 0 saturated carbocycles. The van der Waals surface area contributed by atoms with E-state index in [-0.39, 0.29) is 24.2 Å². The van der Waals surface area contributed by atoms with Crippen LogP contribution in [0, 0.1) is 0 Å². The number of likely N-dealkylation sites (tertiary alicyclic amines) is 1. The maximum Gasteiger partial charge on any atom is 0.231 e. The number of rotatable bonds is 5. The molecule has 2 atom stereocenters. The highest BCUT2D eigenvalue weighted by atomic mass is 35.5. The van der Waals surface area contributed by atoms with Crippen molar-refractivity contribution in [2.45, 2.75) is 44.2 Å². The number of amides is 1. The van der Waals surface area contributed by atoms with E-state index in [1.807, 2.05) is 6.07 Å². The number of carbonyl (C=O) groups is 2. The fourth-order valence-corrected chi connectivity index (χ4v) is 6.94. The highest BCUT2D eigenvalue weighted by Gasteiger charge is 2.44. The van der Waals surface area contributed by atoms with Crippen LogP contribution in [0.2, 0.25) is 5.02 Å². The van der Waals surface area contributed by atoms with Crippen molar-refractivity contribution in [1.82, 2.24) is 4.90 Å². The van der Waals surface area contributed by atoms with Crippen molar-refractivity contribution >= 4 is 23.3 Å². The number of quaternary nitrogens is 1. The zero-order chi connectivity index (χ0) is 24.7. The molecule has 1 aliphatic carbocycles. The van der Waals surface area contributed by atoms with Gasteiger partial charge >= 0.3 is 0 Å². The van der Waals surface area contributed by atoms with E-state index in [9.17, 15) is 9.59 Å². The zero-order valence-electron chi connectivity index (χ0n) is 20.5. The van der Waals surface area contributed by atoms with Crippen LogP contribution in [0.3, 0.4) is 0 Å². The maximum absolute atomic E-state index is 14.2. The molecule has 184 valence electrons. The van der Waals surface area contributed by atoms with E-state index < -0.39 is 5.92 Å². The first-order valence-corrected chi connectivity index (χ1v) is 13.5. The van der Waals surface area contributed by atoms with Gasteiger partial charge in [0.1, 0.15) is 19.1 Å². The summed E-state index contributed by atoms with van der Waals surface area (Å²) in [7, 11) is 0. The highest BCUT2D eigenvalue weighted by molar-refractivity contribution is 6.31. The van der Waals surface area contributed by atoms with Gasteiger partial charge in [0.05, 0.1) is 19.0 Å². The molecule has 1 saturated heterocycles. The Morgan fingerprint density at radius 2 is 1.69 bits per heavy atom. The van der Waals surface area contributed by atoms with Crippen molar-refractivity contribution in [1.29, 1.82) is 0 Å². The normalized spacial score (nSPS) is 22.4. The van der Waals surface area contributed by atoms with Crippen molar-refractivity contribution < 1.29 is 14.1 Å². The lowest BCUT2D eigenvalue weighted by Crippen LogP contribution is -2.53. The minimum absolute atomic E-state index is 0.00241. The molecule has 4 nitrogen and oxygen atoms in total. The molecule has 0 spiro atoms. The molecule has 2 aliphatic heterocycles. The van der Waals surface area contributed by atoms with Crippen molar-refractivity contribution in [3.63, 3.8) is 0 Å². The van der Waals surface area contributed by atoms with E-state index in [2.05, 4.69) is 59.5 Å². The molecule has 0 bridgehead atoms. The molecule has 0 radical (unpaired) electrons. The van der Waals surface area contributed by atoms with Gasteiger partial charge in [-0.25, -0.2) is 0 Å². The molecule has 2 heterocycles. The molecular formula is C31H32ClN2O2+. The molecule has 1 fully saturated rings. The molecule has 2 unspecified atom stereocenters. The van der Waals surface area contributed by atoms with Gasteiger partial charge in [-0.1, -0.05) is 66.2 Å². The first-order valence-electron chi connectivity index (χ1n) is 13.1. The third kappa shape index (κ3) is 4.27. The van der Waals surface area contributed by atoms with E-state index in [0.717, 1.165) is 42.6 Å². The third-order valence-corrected chi connectivity index (χ3v) is 8.74. The first-order chi connectivity index (χ1) is 17.5. The number of hydrogen-bond acceptors (Lipinski definition) is 2. The summed E-state index contributed by atoms with van der Waals surface area (Å²) in [4.78, 5) is 29.1. The van der Waals surface area contributed by atoms with E-state index in [0.29, 0.717) is 17.1 Å². The van der Waals surface area contributed by atoms with Gasteiger partial charge in [0.25, 0.3) is 0 Å². The van der Waals surface area contributed by atoms with E-state index in [4.69, 9.17) is 11.6 Å². The highest BCUT2D eigenvalue weighted by Crippen LogP contribution is 2.41. The largest absolute Gasteiger partial charge is 0.329 e. The van der Waals surface area contributed by atoms with Gasteiger partial charge in [0.15, 0.2) is 5.78 Å². The molecule has 36 heavy (non-hydrogen) atoms. The lowest BCUT2D eigenvalue weighted by molar-refractivity contribution is -0.932. The fourth-order valence-electron chi connectivity index (χ4n) is 6.76. The molecule has 6 rings (SSSR count). The molecule has 3 aliphatic rings. The van der Waals surface area contributed by atoms with Crippen LogP contribution in [-0.4, -0.2) is 47.3 Å². The number of hydrogen-bond donors (Lipinski definition) is 0. The monoisotopic (exact) mass is 499 g/mol. The summed E-state index contributed by atoms with van der Waals surface area (Å²) in [6.45, 7) is 4.85. The molecule has 3 aromatic rings. The summed E-state index contributed by atoms with van der Waals surface area (Å²) < 4.78 is 0.999. The van der Waals surface area contributed by atoms with Gasteiger partial charge in [0, 0.05) is 42.0 Å². The van der Waals surface area contributed by atoms with Crippen LogP contribution in [0.4, 0.5) is 0 Å². The minimum atomic E-state index is -0.444. The Morgan fingerprint density at radius 3 is 2.50 bits per heavy atom. The Morgan fingerprint density at radius 1 is 0.944 bits per heavy atom. The third-order valence-electron chi connectivity index (χ3n) is 8.51.